The van der Waals surface area contributed by atoms with E-state index in [0.29, 0.717) is 36.0 Å². The molecule has 0 spiro atoms. The van der Waals surface area contributed by atoms with E-state index in [0.717, 1.165) is 29.5 Å². The number of fused-ring (bicyclic) bond motifs is 1. The second kappa shape index (κ2) is 8.62. The minimum atomic E-state index is -0.163. The highest BCUT2D eigenvalue weighted by Crippen LogP contribution is 2.35. The molecule has 0 saturated carbocycles. The summed E-state index contributed by atoms with van der Waals surface area (Å²) >= 11 is 6.08. The van der Waals surface area contributed by atoms with E-state index in [1.54, 1.807) is 7.11 Å². The van der Waals surface area contributed by atoms with Crippen molar-refractivity contribution in [3.05, 3.63) is 70.4 Å². The molecule has 1 aliphatic heterocycles. The summed E-state index contributed by atoms with van der Waals surface area (Å²) in [5.41, 5.74) is 3.11. The van der Waals surface area contributed by atoms with Crippen molar-refractivity contribution in [3.8, 4) is 5.75 Å². The highest BCUT2D eigenvalue weighted by atomic mass is 35.5. The van der Waals surface area contributed by atoms with Crippen molar-refractivity contribution in [1.29, 1.82) is 0 Å². The van der Waals surface area contributed by atoms with E-state index in [-0.39, 0.29) is 11.3 Å². The molecule has 3 aromatic rings. The van der Waals surface area contributed by atoms with E-state index in [4.69, 9.17) is 21.1 Å². The molecule has 0 bridgehead atoms. The van der Waals surface area contributed by atoms with Crippen molar-refractivity contribution in [3.63, 3.8) is 0 Å². The quantitative estimate of drug-likeness (QED) is 0.645. The first-order chi connectivity index (χ1) is 14.5. The number of aromatic nitrogens is 1. The van der Waals surface area contributed by atoms with Gasteiger partial charge < -0.3 is 14.8 Å². The standard InChI is InChI=1S/C24H25ClN2O3/c1-16-21(13-17-3-8-20(29-2)14-22(17)27-16)23(28)26-15-24(9-11-30-12-10-24)18-4-6-19(25)7-5-18/h3-8,13-14H,9-12,15H2,1-2H3,(H,26,28). The van der Waals surface area contributed by atoms with Gasteiger partial charge in [0.15, 0.2) is 0 Å². The largest absolute Gasteiger partial charge is 0.497 e. The van der Waals surface area contributed by atoms with Crippen molar-refractivity contribution in [2.45, 2.75) is 25.2 Å². The normalized spacial score (nSPS) is 15.7. The van der Waals surface area contributed by atoms with Gasteiger partial charge in [-0.05, 0) is 55.7 Å². The predicted octanol–water partition coefficient (Wildman–Crippen LogP) is 4.68. The third-order valence-electron chi connectivity index (χ3n) is 5.95. The average Bonchev–Trinajstić information content (AvgIpc) is 2.77. The predicted molar refractivity (Wildman–Crippen MR) is 119 cm³/mol. The maximum absolute atomic E-state index is 13.1. The van der Waals surface area contributed by atoms with Crippen LogP contribution in [0.25, 0.3) is 10.9 Å². The Labute approximate surface area is 181 Å². The summed E-state index contributed by atoms with van der Waals surface area (Å²) in [4.78, 5) is 17.7. The van der Waals surface area contributed by atoms with Gasteiger partial charge in [-0.2, -0.15) is 0 Å². The van der Waals surface area contributed by atoms with E-state index < -0.39 is 0 Å². The van der Waals surface area contributed by atoms with E-state index in [9.17, 15) is 4.79 Å². The van der Waals surface area contributed by atoms with Crippen LogP contribution in [0.5, 0.6) is 5.75 Å². The Kier molecular flexibility index (Phi) is 5.93. The summed E-state index contributed by atoms with van der Waals surface area (Å²) in [7, 11) is 1.63. The number of ether oxygens (including phenoxy) is 2. The zero-order valence-electron chi connectivity index (χ0n) is 17.2. The molecule has 0 aliphatic carbocycles. The van der Waals surface area contributed by atoms with Crippen molar-refractivity contribution in [1.82, 2.24) is 10.3 Å². The number of carbonyl (C=O) groups excluding carboxylic acids is 1. The van der Waals surface area contributed by atoms with Crippen LogP contribution in [-0.4, -0.2) is 37.8 Å². The number of halogens is 1. The summed E-state index contributed by atoms with van der Waals surface area (Å²) in [5, 5.41) is 4.77. The molecular formula is C24H25ClN2O3. The molecule has 1 fully saturated rings. The number of amides is 1. The van der Waals surface area contributed by atoms with Gasteiger partial charge in [0.2, 0.25) is 0 Å². The lowest BCUT2D eigenvalue weighted by molar-refractivity contribution is 0.0487. The van der Waals surface area contributed by atoms with Gasteiger partial charge in [0.25, 0.3) is 5.91 Å². The summed E-state index contributed by atoms with van der Waals surface area (Å²) in [6.45, 7) is 3.75. The molecular weight excluding hydrogens is 400 g/mol. The Morgan fingerprint density at radius 3 is 2.60 bits per heavy atom. The molecule has 1 aliphatic rings. The van der Waals surface area contributed by atoms with E-state index in [1.165, 1.54) is 5.56 Å². The lowest BCUT2D eigenvalue weighted by Crippen LogP contribution is -2.44. The highest BCUT2D eigenvalue weighted by Gasteiger charge is 2.35. The topological polar surface area (TPSA) is 60.5 Å². The van der Waals surface area contributed by atoms with Crippen LogP contribution in [0.3, 0.4) is 0 Å². The molecule has 4 rings (SSSR count). The van der Waals surface area contributed by atoms with Crippen molar-refractivity contribution < 1.29 is 14.3 Å². The summed E-state index contributed by atoms with van der Waals surface area (Å²) in [6, 6.07) is 15.5. The number of pyridine rings is 1. The first-order valence-electron chi connectivity index (χ1n) is 10.1. The number of aryl methyl sites for hydroxylation is 1. The van der Waals surface area contributed by atoms with Crippen molar-refractivity contribution in [2.75, 3.05) is 26.9 Å². The SMILES string of the molecule is COc1ccc2cc(C(=O)NCC3(c4ccc(Cl)cc4)CCOCC3)c(C)nc2c1. The van der Waals surface area contributed by atoms with Gasteiger partial charge >= 0.3 is 0 Å². The first kappa shape index (κ1) is 20.6. The fourth-order valence-corrected chi connectivity index (χ4v) is 4.20. The second-order valence-corrected chi connectivity index (χ2v) is 8.20. The fourth-order valence-electron chi connectivity index (χ4n) is 4.08. The minimum Gasteiger partial charge on any atom is -0.497 e. The number of nitrogens with zero attached hydrogens (tertiary/aromatic N) is 1. The molecule has 0 atom stereocenters. The van der Waals surface area contributed by atoms with Gasteiger partial charge in [-0.1, -0.05) is 23.7 Å². The van der Waals surface area contributed by atoms with Crippen LogP contribution in [0.2, 0.25) is 5.02 Å². The van der Waals surface area contributed by atoms with Crippen LogP contribution < -0.4 is 10.1 Å². The van der Waals surface area contributed by atoms with Crippen LogP contribution >= 0.6 is 11.6 Å². The summed E-state index contributed by atoms with van der Waals surface area (Å²) in [5.74, 6) is 0.633. The fraction of sp³-hybridized carbons (Fsp3) is 0.333. The number of rotatable bonds is 5. The third kappa shape index (κ3) is 4.13. The number of nitrogens with one attached hydrogen (secondary N) is 1. The Hall–Kier alpha value is -2.63. The molecule has 156 valence electrons. The third-order valence-corrected chi connectivity index (χ3v) is 6.21. The number of hydrogen-bond donors (Lipinski definition) is 1. The maximum atomic E-state index is 13.1. The molecule has 0 unspecified atom stereocenters. The molecule has 1 saturated heterocycles. The van der Waals surface area contributed by atoms with E-state index >= 15 is 0 Å². The smallest absolute Gasteiger partial charge is 0.253 e. The molecule has 0 radical (unpaired) electrons. The Morgan fingerprint density at radius 2 is 1.90 bits per heavy atom. The zero-order chi connectivity index (χ0) is 21.1. The van der Waals surface area contributed by atoms with Gasteiger partial charge in [0.05, 0.1) is 23.9 Å². The number of carbonyl (C=O) groups is 1. The monoisotopic (exact) mass is 424 g/mol. The Morgan fingerprint density at radius 1 is 1.17 bits per heavy atom. The zero-order valence-corrected chi connectivity index (χ0v) is 18.0. The van der Waals surface area contributed by atoms with E-state index in [2.05, 4.69) is 22.4 Å². The van der Waals surface area contributed by atoms with Crippen molar-refractivity contribution in [2.24, 2.45) is 0 Å². The summed E-state index contributed by atoms with van der Waals surface area (Å²) in [6.07, 6.45) is 1.70. The molecule has 2 heterocycles. The van der Waals surface area contributed by atoms with Gasteiger partial charge in [0.1, 0.15) is 5.75 Å². The molecule has 1 aromatic heterocycles. The molecule has 1 N–H and O–H groups in total. The Bertz CT molecular complexity index is 1060. The van der Waals surface area contributed by atoms with Gasteiger partial charge in [-0.15, -0.1) is 0 Å². The molecule has 30 heavy (non-hydrogen) atoms. The number of hydrogen-bond acceptors (Lipinski definition) is 4. The van der Waals surface area contributed by atoms with Crippen molar-refractivity contribution >= 4 is 28.4 Å². The Balaban J connectivity index is 1.57. The number of benzene rings is 2. The van der Waals surface area contributed by atoms with Crippen LogP contribution in [0.4, 0.5) is 0 Å². The van der Waals surface area contributed by atoms with E-state index in [1.807, 2.05) is 43.3 Å². The molecule has 5 nitrogen and oxygen atoms in total. The molecule has 6 heteroatoms. The second-order valence-electron chi connectivity index (χ2n) is 7.76. The summed E-state index contributed by atoms with van der Waals surface area (Å²) < 4.78 is 10.9. The molecule has 1 amide bonds. The van der Waals surface area contributed by atoms with Crippen LogP contribution in [0, 0.1) is 6.92 Å². The van der Waals surface area contributed by atoms with Gasteiger partial charge in [0, 0.05) is 41.6 Å². The highest BCUT2D eigenvalue weighted by molar-refractivity contribution is 6.30. The minimum absolute atomic E-state index is 0.113. The lowest BCUT2D eigenvalue weighted by Gasteiger charge is -2.38. The van der Waals surface area contributed by atoms with Crippen LogP contribution in [-0.2, 0) is 10.2 Å². The molecule has 2 aromatic carbocycles. The van der Waals surface area contributed by atoms with Crippen LogP contribution in [0.15, 0.2) is 48.5 Å². The maximum Gasteiger partial charge on any atom is 0.253 e. The number of methoxy groups -OCH3 is 1. The van der Waals surface area contributed by atoms with Gasteiger partial charge in [-0.3, -0.25) is 9.78 Å². The lowest BCUT2D eigenvalue weighted by atomic mass is 9.74. The van der Waals surface area contributed by atoms with Crippen LogP contribution in [0.1, 0.15) is 34.5 Å². The van der Waals surface area contributed by atoms with Gasteiger partial charge in [-0.25, -0.2) is 0 Å². The average molecular weight is 425 g/mol. The first-order valence-corrected chi connectivity index (χ1v) is 10.5.